The van der Waals surface area contributed by atoms with E-state index in [1.807, 2.05) is 0 Å². The van der Waals surface area contributed by atoms with Crippen LogP contribution in [0.25, 0.3) is 0 Å². The summed E-state index contributed by atoms with van der Waals surface area (Å²) in [5, 5.41) is 4.60. The Morgan fingerprint density at radius 3 is 2.60 bits per heavy atom. The minimum Gasteiger partial charge on any atom is -0.307 e. The summed E-state index contributed by atoms with van der Waals surface area (Å²) in [5.74, 6) is 3.09. The topological polar surface area (TPSA) is 12.0 Å². The molecule has 10 heavy (non-hydrogen) atoms. The average Bonchev–Trinajstić information content (AvgIpc) is 2.72. The van der Waals surface area contributed by atoms with E-state index in [1.165, 1.54) is 25.8 Å². The van der Waals surface area contributed by atoms with E-state index in [4.69, 9.17) is 0 Å². The molecule has 0 aromatic carbocycles. The first-order valence-corrected chi connectivity index (χ1v) is 6.71. The molecule has 0 aromatic heterocycles. The lowest BCUT2D eigenvalue weighted by atomic mass is 10.2. The van der Waals surface area contributed by atoms with Gasteiger partial charge in [0, 0.05) is 5.37 Å². The molecule has 2 heterocycles. The summed E-state index contributed by atoms with van der Waals surface area (Å²) in [6, 6.07) is 0. The van der Waals surface area contributed by atoms with Crippen molar-refractivity contribution in [3.05, 3.63) is 0 Å². The van der Waals surface area contributed by atoms with E-state index in [1.54, 1.807) is 11.5 Å². The molecule has 0 amide bonds. The molecule has 0 aromatic rings. The second-order valence-electron chi connectivity index (χ2n) is 3.70. The highest BCUT2D eigenvalue weighted by Gasteiger charge is 2.39. The number of rotatable bonds is 1. The molecular formula is C8H17NS. The second kappa shape index (κ2) is 2.42. The molecule has 2 saturated heterocycles. The normalized spacial score (nSPS) is 40.7. The van der Waals surface area contributed by atoms with Gasteiger partial charge in [-0.1, -0.05) is 0 Å². The Morgan fingerprint density at radius 1 is 1.30 bits per heavy atom. The SMILES string of the molecule is CS1(C2CCCCN2)CC1. The van der Waals surface area contributed by atoms with Gasteiger partial charge in [0.1, 0.15) is 0 Å². The van der Waals surface area contributed by atoms with E-state index >= 15 is 0 Å². The Bertz CT molecular complexity index is 125. The monoisotopic (exact) mass is 159 g/mol. The Hall–Kier alpha value is 0.310. The third-order valence-corrected chi connectivity index (χ3v) is 6.27. The maximum Gasteiger partial charge on any atom is 0.0375 e. The van der Waals surface area contributed by atoms with Crippen LogP contribution < -0.4 is 5.32 Å². The fourth-order valence-electron chi connectivity index (χ4n) is 1.72. The third-order valence-electron chi connectivity index (χ3n) is 2.80. The molecule has 2 fully saturated rings. The van der Waals surface area contributed by atoms with E-state index in [2.05, 4.69) is 11.6 Å². The van der Waals surface area contributed by atoms with Crippen molar-refractivity contribution >= 4 is 10.0 Å². The largest absolute Gasteiger partial charge is 0.307 e. The van der Waals surface area contributed by atoms with Crippen molar-refractivity contribution in [3.8, 4) is 0 Å². The summed E-state index contributed by atoms with van der Waals surface area (Å²) in [6.07, 6.45) is 6.86. The average molecular weight is 159 g/mol. The van der Waals surface area contributed by atoms with Gasteiger partial charge in [-0.2, -0.15) is 0 Å². The minimum atomic E-state index is -0.0870. The minimum absolute atomic E-state index is 0.0870. The zero-order valence-corrected chi connectivity index (χ0v) is 7.54. The van der Waals surface area contributed by atoms with Crippen LogP contribution in [0.1, 0.15) is 19.3 Å². The summed E-state index contributed by atoms with van der Waals surface area (Å²) in [5.41, 5.74) is 0. The lowest BCUT2D eigenvalue weighted by Gasteiger charge is -2.32. The van der Waals surface area contributed by atoms with Gasteiger partial charge in [-0.25, -0.2) is 10.0 Å². The van der Waals surface area contributed by atoms with Gasteiger partial charge in [0.25, 0.3) is 0 Å². The zero-order valence-electron chi connectivity index (χ0n) is 6.73. The molecule has 60 valence electrons. The van der Waals surface area contributed by atoms with Gasteiger partial charge in [-0.15, -0.1) is 0 Å². The van der Waals surface area contributed by atoms with E-state index in [0.29, 0.717) is 0 Å². The Labute approximate surface area is 64.9 Å². The van der Waals surface area contributed by atoms with Crippen molar-refractivity contribution in [1.82, 2.24) is 5.32 Å². The quantitative estimate of drug-likeness (QED) is 0.572. The van der Waals surface area contributed by atoms with Crippen molar-refractivity contribution < 1.29 is 0 Å². The number of nitrogens with one attached hydrogen (secondary N) is 1. The molecule has 2 aliphatic heterocycles. The first kappa shape index (κ1) is 6.99. The van der Waals surface area contributed by atoms with E-state index in [9.17, 15) is 0 Å². The van der Waals surface area contributed by atoms with Gasteiger partial charge in [-0.05, 0) is 43.6 Å². The van der Waals surface area contributed by atoms with Crippen LogP contribution in [0.4, 0.5) is 0 Å². The molecule has 0 saturated carbocycles. The van der Waals surface area contributed by atoms with Gasteiger partial charge < -0.3 is 5.32 Å². The lowest BCUT2D eigenvalue weighted by Crippen LogP contribution is -2.34. The molecule has 2 aliphatic rings. The number of piperidine rings is 1. The van der Waals surface area contributed by atoms with E-state index in [-0.39, 0.29) is 10.0 Å². The molecular weight excluding hydrogens is 142 g/mol. The first-order chi connectivity index (χ1) is 4.81. The van der Waals surface area contributed by atoms with Crippen molar-refractivity contribution in [3.63, 3.8) is 0 Å². The maximum absolute atomic E-state index is 3.66. The van der Waals surface area contributed by atoms with E-state index < -0.39 is 0 Å². The first-order valence-electron chi connectivity index (χ1n) is 4.27. The summed E-state index contributed by atoms with van der Waals surface area (Å²) < 4.78 is 0. The summed E-state index contributed by atoms with van der Waals surface area (Å²) in [4.78, 5) is 0. The molecule has 2 heteroatoms. The highest BCUT2D eigenvalue weighted by molar-refractivity contribution is 8.39. The third kappa shape index (κ3) is 1.19. The van der Waals surface area contributed by atoms with Crippen molar-refractivity contribution in [2.75, 3.05) is 24.3 Å². The van der Waals surface area contributed by atoms with E-state index in [0.717, 1.165) is 5.37 Å². The predicted molar refractivity (Wildman–Crippen MR) is 48.9 cm³/mol. The van der Waals surface area contributed by atoms with Crippen LogP contribution in [-0.2, 0) is 0 Å². The van der Waals surface area contributed by atoms with Crippen LogP contribution in [0.5, 0.6) is 0 Å². The van der Waals surface area contributed by atoms with Crippen molar-refractivity contribution in [1.29, 1.82) is 0 Å². The zero-order chi connectivity index (χ0) is 7.03. The predicted octanol–water partition coefficient (Wildman–Crippen LogP) is 1.53. The Morgan fingerprint density at radius 2 is 2.10 bits per heavy atom. The van der Waals surface area contributed by atoms with Crippen LogP contribution in [-0.4, -0.2) is 29.7 Å². The van der Waals surface area contributed by atoms with Crippen LogP contribution in [0.15, 0.2) is 0 Å². The fraction of sp³-hybridized carbons (Fsp3) is 1.00. The summed E-state index contributed by atoms with van der Waals surface area (Å²) >= 11 is 0. The molecule has 0 bridgehead atoms. The molecule has 0 spiro atoms. The molecule has 0 aliphatic carbocycles. The number of hydrogen-bond donors (Lipinski definition) is 1. The Balaban J connectivity index is 1.91. The van der Waals surface area contributed by atoms with Crippen molar-refractivity contribution in [2.24, 2.45) is 0 Å². The van der Waals surface area contributed by atoms with Gasteiger partial charge in [0.15, 0.2) is 0 Å². The van der Waals surface area contributed by atoms with Crippen LogP contribution in [0.3, 0.4) is 0 Å². The molecule has 1 atom stereocenters. The fourth-order valence-corrected chi connectivity index (χ4v) is 4.60. The molecule has 1 nitrogen and oxygen atoms in total. The van der Waals surface area contributed by atoms with Gasteiger partial charge >= 0.3 is 0 Å². The smallest absolute Gasteiger partial charge is 0.0375 e. The van der Waals surface area contributed by atoms with Gasteiger partial charge in [-0.3, -0.25) is 0 Å². The summed E-state index contributed by atoms with van der Waals surface area (Å²) in [7, 11) is -0.0870. The van der Waals surface area contributed by atoms with Crippen molar-refractivity contribution in [2.45, 2.75) is 24.6 Å². The molecule has 2 rings (SSSR count). The van der Waals surface area contributed by atoms with Gasteiger partial charge in [0.05, 0.1) is 0 Å². The number of hydrogen-bond acceptors (Lipinski definition) is 1. The molecule has 1 N–H and O–H groups in total. The molecule has 0 radical (unpaired) electrons. The summed E-state index contributed by atoms with van der Waals surface area (Å²) in [6.45, 7) is 1.28. The highest BCUT2D eigenvalue weighted by atomic mass is 32.3. The van der Waals surface area contributed by atoms with Crippen LogP contribution in [0.2, 0.25) is 0 Å². The maximum atomic E-state index is 3.66. The van der Waals surface area contributed by atoms with Gasteiger partial charge in [0.2, 0.25) is 0 Å². The Kier molecular flexibility index (Phi) is 1.69. The second-order valence-corrected chi connectivity index (χ2v) is 7.78. The molecule has 1 unspecified atom stereocenters. The standard InChI is InChI=1S/C8H17NS/c1-10(6-7-10)8-4-2-3-5-9-8/h8-9H,2-7H2,1H3. The van der Waals surface area contributed by atoms with Crippen LogP contribution in [0, 0.1) is 0 Å². The highest BCUT2D eigenvalue weighted by Crippen LogP contribution is 2.62. The van der Waals surface area contributed by atoms with Crippen LogP contribution >= 0.6 is 10.0 Å². The lowest BCUT2D eigenvalue weighted by molar-refractivity contribution is 0.489.